The summed E-state index contributed by atoms with van der Waals surface area (Å²) < 4.78 is 33.3. The highest BCUT2D eigenvalue weighted by Gasteiger charge is 2.30. The molecule has 1 fully saturated rings. The van der Waals surface area contributed by atoms with Crippen molar-refractivity contribution in [2.75, 3.05) is 20.2 Å². The number of likely N-dealkylation sites (N-methyl/N-ethyl adjacent to an activating group) is 1. The van der Waals surface area contributed by atoms with Crippen LogP contribution in [0.2, 0.25) is 10.0 Å². The van der Waals surface area contributed by atoms with Gasteiger partial charge in [-0.1, -0.05) is 40.9 Å². The zero-order valence-electron chi connectivity index (χ0n) is 16.1. The molecule has 0 aliphatic heterocycles. The predicted octanol–water partition coefficient (Wildman–Crippen LogP) is 3.89. The minimum atomic E-state index is -3.82. The molecule has 3 rings (SSSR count). The Balaban J connectivity index is 1.70. The van der Waals surface area contributed by atoms with E-state index in [1.54, 1.807) is 7.05 Å². The van der Waals surface area contributed by atoms with Crippen molar-refractivity contribution in [3.63, 3.8) is 0 Å². The van der Waals surface area contributed by atoms with E-state index < -0.39 is 15.9 Å². The molecule has 1 aliphatic rings. The summed E-state index contributed by atoms with van der Waals surface area (Å²) in [4.78, 5) is 14.1. The molecule has 2 aromatic rings. The maximum Gasteiger partial charge on any atom is 0.255 e. The smallest absolute Gasteiger partial charge is 0.255 e. The fourth-order valence-electron chi connectivity index (χ4n) is 2.63. The lowest BCUT2D eigenvalue weighted by atomic mass is 10.2. The Morgan fingerprint density at radius 3 is 2.45 bits per heavy atom. The zero-order chi connectivity index (χ0) is 21.2. The number of rotatable bonds is 8. The largest absolute Gasteiger partial charge is 0.492 e. The minimum Gasteiger partial charge on any atom is -0.492 e. The first-order chi connectivity index (χ1) is 13.7. The van der Waals surface area contributed by atoms with Crippen LogP contribution in [0.25, 0.3) is 0 Å². The molecule has 0 radical (unpaired) electrons. The minimum absolute atomic E-state index is 0.0231. The van der Waals surface area contributed by atoms with Crippen LogP contribution in [0.3, 0.4) is 0 Å². The van der Waals surface area contributed by atoms with Gasteiger partial charge in [-0.05, 0) is 44.0 Å². The number of hydrogen-bond acceptors (Lipinski definition) is 4. The Labute approximate surface area is 180 Å². The molecule has 6 nitrogen and oxygen atoms in total. The van der Waals surface area contributed by atoms with E-state index in [0.717, 1.165) is 18.4 Å². The van der Waals surface area contributed by atoms with Crippen LogP contribution in [0.15, 0.2) is 41.3 Å². The van der Waals surface area contributed by atoms with Crippen molar-refractivity contribution < 1.29 is 17.9 Å². The number of sulfonamides is 1. The normalized spacial score (nSPS) is 13.9. The van der Waals surface area contributed by atoms with Gasteiger partial charge in [0.05, 0.1) is 22.2 Å². The number of benzene rings is 2. The van der Waals surface area contributed by atoms with Gasteiger partial charge in [0.25, 0.3) is 5.91 Å². The van der Waals surface area contributed by atoms with Gasteiger partial charge >= 0.3 is 0 Å². The molecule has 0 saturated heterocycles. The first kappa shape index (κ1) is 21.9. The lowest BCUT2D eigenvalue weighted by Gasteiger charge is -2.19. The summed E-state index contributed by atoms with van der Waals surface area (Å²) in [5.41, 5.74) is 1.20. The van der Waals surface area contributed by atoms with Crippen LogP contribution in [0, 0.1) is 6.92 Å². The second kappa shape index (κ2) is 8.92. The quantitative estimate of drug-likeness (QED) is 0.653. The van der Waals surface area contributed by atoms with Crippen LogP contribution in [-0.4, -0.2) is 45.5 Å². The molecule has 29 heavy (non-hydrogen) atoms. The molecule has 0 bridgehead atoms. The highest BCUT2D eigenvalue weighted by atomic mass is 35.5. The molecular weight excluding hydrogens is 435 g/mol. The molecule has 156 valence electrons. The Morgan fingerprint density at radius 2 is 1.83 bits per heavy atom. The highest BCUT2D eigenvalue weighted by Crippen LogP contribution is 2.31. The molecule has 1 aliphatic carbocycles. The Bertz CT molecular complexity index is 1010. The van der Waals surface area contributed by atoms with Crippen molar-refractivity contribution in [1.82, 2.24) is 9.62 Å². The third kappa shape index (κ3) is 5.63. The predicted molar refractivity (Wildman–Crippen MR) is 113 cm³/mol. The molecule has 0 unspecified atom stereocenters. The van der Waals surface area contributed by atoms with Crippen LogP contribution in [0.4, 0.5) is 0 Å². The van der Waals surface area contributed by atoms with E-state index in [0.29, 0.717) is 12.3 Å². The second-order valence-corrected chi connectivity index (χ2v) is 9.54. The number of amides is 1. The van der Waals surface area contributed by atoms with E-state index in [4.69, 9.17) is 27.9 Å². The molecule has 1 saturated carbocycles. The lowest BCUT2D eigenvalue weighted by molar-refractivity contribution is 0.0773. The molecule has 0 aromatic heterocycles. The van der Waals surface area contributed by atoms with Crippen molar-refractivity contribution >= 4 is 39.1 Å². The molecule has 1 N–H and O–H groups in total. The van der Waals surface area contributed by atoms with Gasteiger partial charge in [-0.15, -0.1) is 0 Å². The first-order valence-electron chi connectivity index (χ1n) is 9.13. The van der Waals surface area contributed by atoms with E-state index in [-0.39, 0.29) is 33.2 Å². The van der Waals surface area contributed by atoms with Crippen LogP contribution in [0.1, 0.15) is 28.8 Å². The fraction of sp³-hybridized carbons (Fsp3) is 0.350. The number of carbonyl (C=O) groups is 1. The Morgan fingerprint density at radius 1 is 1.17 bits per heavy atom. The van der Waals surface area contributed by atoms with Gasteiger partial charge in [-0.3, -0.25) is 4.79 Å². The number of hydrogen-bond donors (Lipinski definition) is 1. The van der Waals surface area contributed by atoms with Crippen molar-refractivity contribution in [3.05, 3.63) is 57.6 Å². The summed E-state index contributed by atoms with van der Waals surface area (Å²) in [6, 6.07) is 10.0. The number of nitrogens with zero attached hydrogens (tertiary/aromatic N) is 1. The van der Waals surface area contributed by atoms with E-state index >= 15 is 0 Å². The van der Waals surface area contributed by atoms with Gasteiger partial charge in [0, 0.05) is 13.1 Å². The van der Waals surface area contributed by atoms with Crippen molar-refractivity contribution in [2.45, 2.75) is 30.7 Å². The van der Waals surface area contributed by atoms with Gasteiger partial charge in [0.1, 0.15) is 17.3 Å². The molecule has 1 amide bonds. The Hall–Kier alpha value is -1.80. The lowest BCUT2D eigenvalue weighted by Crippen LogP contribution is -2.31. The number of aryl methyl sites for hydroxylation is 1. The van der Waals surface area contributed by atoms with Crippen LogP contribution >= 0.6 is 23.2 Å². The van der Waals surface area contributed by atoms with E-state index in [9.17, 15) is 13.2 Å². The van der Waals surface area contributed by atoms with Crippen molar-refractivity contribution in [3.8, 4) is 5.75 Å². The van der Waals surface area contributed by atoms with E-state index in [1.807, 2.05) is 31.2 Å². The van der Waals surface area contributed by atoms with Crippen LogP contribution < -0.4 is 9.46 Å². The summed E-state index contributed by atoms with van der Waals surface area (Å²) in [7, 11) is -2.22. The third-order valence-electron chi connectivity index (χ3n) is 4.50. The standard InChI is InChI=1S/C20H22Cl2N2O4S/c1-13-3-7-15(8-4-13)28-10-9-24(2)20(25)16-11-19(18(22)12-17(16)21)29(26,27)23-14-5-6-14/h3-4,7-8,11-12,14,23H,5-6,9-10H2,1-2H3. The summed E-state index contributed by atoms with van der Waals surface area (Å²) in [6.07, 6.45) is 1.58. The fourth-order valence-corrected chi connectivity index (χ4v) is 4.78. The average molecular weight is 457 g/mol. The molecule has 9 heteroatoms. The van der Waals surface area contributed by atoms with Crippen molar-refractivity contribution in [2.24, 2.45) is 0 Å². The SMILES string of the molecule is Cc1ccc(OCCN(C)C(=O)c2cc(S(=O)(=O)NC3CC3)c(Cl)cc2Cl)cc1. The first-order valence-corrected chi connectivity index (χ1v) is 11.4. The molecular formula is C20H22Cl2N2O4S. The van der Waals surface area contributed by atoms with Gasteiger partial charge in [-0.2, -0.15) is 0 Å². The molecule has 0 heterocycles. The maximum atomic E-state index is 12.8. The second-order valence-electron chi connectivity index (χ2n) is 7.05. The monoisotopic (exact) mass is 456 g/mol. The highest BCUT2D eigenvalue weighted by molar-refractivity contribution is 7.89. The zero-order valence-corrected chi connectivity index (χ0v) is 18.4. The van der Waals surface area contributed by atoms with Gasteiger partial charge in [-0.25, -0.2) is 13.1 Å². The topological polar surface area (TPSA) is 75.7 Å². The van der Waals surface area contributed by atoms with E-state index in [1.165, 1.54) is 17.0 Å². The van der Waals surface area contributed by atoms with Crippen LogP contribution in [-0.2, 0) is 10.0 Å². The number of nitrogens with one attached hydrogen (secondary N) is 1. The molecule has 2 aromatic carbocycles. The number of ether oxygens (including phenoxy) is 1. The summed E-state index contributed by atoms with van der Waals surface area (Å²) in [5, 5.41) is 0.0710. The van der Waals surface area contributed by atoms with Gasteiger partial charge in [0.15, 0.2) is 0 Å². The summed E-state index contributed by atoms with van der Waals surface area (Å²) in [6.45, 7) is 2.57. The molecule has 0 atom stereocenters. The van der Waals surface area contributed by atoms with Gasteiger partial charge < -0.3 is 9.64 Å². The third-order valence-corrected chi connectivity index (χ3v) is 6.80. The Kier molecular flexibility index (Phi) is 6.73. The molecule has 0 spiro atoms. The maximum absolute atomic E-state index is 12.8. The average Bonchev–Trinajstić information content (AvgIpc) is 3.46. The number of carbonyl (C=O) groups excluding carboxylic acids is 1. The van der Waals surface area contributed by atoms with Crippen molar-refractivity contribution in [1.29, 1.82) is 0 Å². The number of halogens is 2. The van der Waals surface area contributed by atoms with E-state index in [2.05, 4.69) is 4.72 Å². The van der Waals surface area contributed by atoms with Crippen LogP contribution in [0.5, 0.6) is 5.75 Å². The van der Waals surface area contributed by atoms with Gasteiger partial charge in [0.2, 0.25) is 10.0 Å². The summed E-state index contributed by atoms with van der Waals surface area (Å²) >= 11 is 12.3. The summed E-state index contributed by atoms with van der Waals surface area (Å²) in [5.74, 6) is 0.294.